The first-order valence-corrected chi connectivity index (χ1v) is 16.1. The molecule has 0 aliphatic heterocycles. The number of para-hydroxylation sites is 2. The van der Waals surface area contributed by atoms with Crippen molar-refractivity contribution in [1.82, 2.24) is 0 Å². The predicted octanol–water partition coefficient (Wildman–Crippen LogP) is 4.78. The van der Waals surface area contributed by atoms with E-state index in [1.54, 1.807) is 0 Å². The van der Waals surface area contributed by atoms with Crippen molar-refractivity contribution in [3.05, 3.63) is 60.7 Å². The molecular formula is C22H36N2O3Si2. The van der Waals surface area contributed by atoms with Crippen molar-refractivity contribution in [2.75, 3.05) is 0 Å². The molecule has 5 nitrogen and oxygen atoms in total. The van der Waals surface area contributed by atoms with Gasteiger partial charge in [-0.25, -0.2) is 0 Å². The molecule has 0 heterocycles. The van der Waals surface area contributed by atoms with E-state index in [2.05, 4.69) is 26.2 Å². The molecule has 4 N–H and O–H groups in total. The number of benzene rings is 2. The summed E-state index contributed by atoms with van der Waals surface area (Å²) in [5.41, 5.74) is 14.0. The molecule has 0 aromatic heterocycles. The molecule has 2 aromatic carbocycles. The molecular weight excluding hydrogens is 396 g/mol. The van der Waals surface area contributed by atoms with Crippen LogP contribution >= 0.6 is 0 Å². The topological polar surface area (TPSA) is 79.7 Å². The van der Waals surface area contributed by atoms with Crippen LogP contribution < -0.4 is 20.9 Å². The minimum absolute atomic E-state index is 0.548. The van der Waals surface area contributed by atoms with Crippen LogP contribution in [-0.2, 0) is 4.12 Å². The van der Waals surface area contributed by atoms with E-state index in [4.69, 9.17) is 25.1 Å². The Labute approximate surface area is 177 Å². The second kappa shape index (κ2) is 9.01. The van der Waals surface area contributed by atoms with Gasteiger partial charge in [-0.2, -0.15) is 0 Å². The lowest BCUT2D eigenvalue weighted by Crippen LogP contribution is -2.83. The van der Waals surface area contributed by atoms with Crippen LogP contribution in [0, 0.1) is 0 Å². The van der Waals surface area contributed by atoms with E-state index in [9.17, 15) is 0 Å². The Bertz CT molecular complexity index is 715. The first kappa shape index (κ1) is 23.6. The van der Waals surface area contributed by atoms with Crippen LogP contribution in [0.5, 0.6) is 11.5 Å². The monoisotopic (exact) mass is 432 g/mol. The number of ether oxygens (including phenoxy) is 2. The third kappa shape index (κ3) is 5.29. The van der Waals surface area contributed by atoms with Crippen LogP contribution in [0.3, 0.4) is 0 Å². The van der Waals surface area contributed by atoms with E-state index < -0.39 is 27.3 Å². The Morgan fingerprint density at radius 3 is 1.31 bits per heavy atom. The normalized spacial score (nSPS) is 18.2. The standard InChI is InChI=1S/C22H36N2O3Si2/c1-7-21(23,25-19-15-11-9-12-16-19)29(6,27-28(3,4)5)22(24,8-2)26-20-17-13-10-14-18-20/h9-18H,7-8,23-24H2,1-6H3. The second-order valence-electron chi connectivity index (χ2n) is 8.56. The summed E-state index contributed by atoms with van der Waals surface area (Å²) < 4.78 is 19.7. The van der Waals surface area contributed by atoms with E-state index >= 15 is 0 Å². The Kier molecular flexibility index (Phi) is 7.34. The van der Waals surface area contributed by atoms with Crippen molar-refractivity contribution in [3.63, 3.8) is 0 Å². The fourth-order valence-electron chi connectivity index (χ4n) is 3.55. The molecule has 0 aliphatic carbocycles. The van der Waals surface area contributed by atoms with Crippen molar-refractivity contribution in [2.45, 2.75) is 63.6 Å². The first-order valence-electron chi connectivity index (χ1n) is 10.2. The van der Waals surface area contributed by atoms with Gasteiger partial charge >= 0.3 is 8.32 Å². The van der Waals surface area contributed by atoms with Gasteiger partial charge in [-0.05, 0) is 63.3 Å². The molecule has 0 saturated carbocycles. The SMILES string of the molecule is CCC(N)(Oc1ccccc1)[Si](C)(O[Si](C)(C)C)C(N)(CC)Oc1ccccc1. The zero-order valence-electron chi connectivity index (χ0n) is 18.6. The average molecular weight is 433 g/mol. The van der Waals surface area contributed by atoms with Gasteiger partial charge in [0.25, 0.3) is 0 Å². The highest BCUT2D eigenvalue weighted by Crippen LogP contribution is 2.38. The Morgan fingerprint density at radius 2 is 1.03 bits per heavy atom. The lowest BCUT2D eigenvalue weighted by Gasteiger charge is -2.53. The molecule has 0 radical (unpaired) electrons. The number of hydrogen-bond acceptors (Lipinski definition) is 5. The minimum Gasteiger partial charge on any atom is -0.473 e. The lowest BCUT2D eigenvalue weighted by molar-refractivity contribution is 0.0672. The molecule has 29 heavy (non-hydrogen) atoms. The highest BCUT2D eigenvalue weighted by Gasteiger charge is 2.65. The summed E-state index contributed by atoms with van der Waals surface area (Å²) in [5, 5.41) is -2.15. The Morgan fingerprint density at radius 1 is 0.690 bits per heavy atom. The maximum absolute atomic E-state index is 7.01. The quantitative estimate of drug-likeness (QED) is 0.417. The van der Waals surface area contributed by atoms with E-state index in [1.807, 2.05) is 74.5 Å². The van der Waals surface area contributed by atoms with Crippen LogP contribution in [0.4, 0.5) is 0 Å². The molecule has 2 atom stereocenters. The molecule has 7 heteroatoms. The van der Waals surface area contributed by atoms with E-state index in [0.717, 1.165) is 0 Å². The Balaban J connectivity index is 2.57. The molecule has 2 unspecified atom stereocenters. The molecule has 0 spiro atoms. The zero-order valence-corrected chi connectivity index (χ0v) is 20.6. The average Bonchev–Trinajstić information content (AvgIpc) is 2.67. The lowest BCUT2D eigenvalue weighted by atomic mass is 10.3. The smallest absolute Gasteiger partial charge is 0.306 e. The summed E-state index contributed by atoms with van der Waals surface area (Å²) in [6.07, 6.45) is 1.10. The van der Waals surface area contributed by atoms with Gasteiger partial charge in [0, 0.05) is 0 Å². The largest absolute Gasteiger partial charge is 0.473 e. The van der Waals surface area contributed by atoms with E-state index in [0.29, 0.717) is 24.3 Å². The fraction of sp³-hybridized carbons (Fsp3) is 0.455. The summed E-state index contributed by atoms with van der Waals surface area (Å²) in [7, 11) is -5.12. The zero-order chi connectivity index (χ0) is 21.8. The van der Waals surface area contributed by atoms with Crippen molar-refractivity contribution in [3.8, 4) is 11.5 Å². The molecule has 2 rings (SSSR count). The maximum Gasteiger partial charge on any atom is 0.306 e. The summed E-state index contributed by atoms with van der Waals surface area (Å²) >= 11 is 0. The summed E-state index contributed by atoms with van der Waals surface area (Å²) in [6.45, 7) is 12.5. The van der Waals surface area contributed by atoms with E-state index in [-0.39, 0.29) is 0 Å². The number of hydrogen-bond donors (Lipinski definition) is 2. The van der Waals surface area contributed by atoms with Gasteiger partial charge in [-0.1, -0.05) is 50.2 Å². The molecule has 0 amide bonds. The number of rotatable bonds is 10. The van der Waals surface area contributed by atoms with Crippen LogP contribution in [0.15, 0.2) is 60.7 Å². The van der Waals surface area contributed by atoms with Gasteiger partial charge in [0.1, 0.15) is 11.5 Å². The molecule has 0 saturated heterocycles. The van der Waals surface area contributed by atoms with Gasteiger partial charge in [0.05, 0.1) is 0 Å². The van der Waals surface area contributed by atoms with Crippen molar-refractivity contribution < 1.29 is 13.6 Å². The third-order valence-electron chi connectivity index (χ3n) is 5.26. The molecule has 0 bridgehead atoms. The highest BCUT2D eigenvalue weighted by atomic mass is 28.4. The van der Waals surface area contributed by atoms with E-state index in [1.165, 1.54) is 0 Å². The van der Waals surface area contributed by atoms with Gasteiger partial charge in [0.15, 0.2) is 19.0 Å². The molecule has 2 aromatic rings. The van der Waals surface area contributed by atoms with Crippen molar-refractivity contribution in [2.24, 2.45) is 11.5 Å². The highest BCUT2D eigenvalue weighted by molar-refractivity contribution is 6.88. The van der Waals surface area contributed by atoms with Crippen molar-refractivity contribution in [1.29, 1.82) is 0 Å². The molecule has 160 valence electrons. The predicted molar refractivity (Wildman–Crippen MR) is 125 cm³/mol. The van der Waals surface area contributed by atoms with Gasteiger partial charge in [-0.15, -0.1) is 0 Å². The molecule has 0 aliphatic rings. The second-order valence-corrected chi connectivity index (χ2v) is 17.4. The summed E-state index contributed by atoms with van der Waals surface area (Å²) in [4.78, 5) is 0. The third-order valence-corrected chi connectivity index (χ3v) is 13.5. The molecule has 0 fully saturated rings. The summed E-state index contributed by atoms with van der Waals surface area (Å²) in [5.74, 6) is 1.40. The minimum atomic E-state index is -3.08. The van der Waals surface area contributed by atoms with Gasteiger partial charge in [-0.3, -0.25) is 11.5 Å². The van der Waals surface area contributed by atoms with Gasteiger partial charge in [0.2, 0.25) is 0 Å². The van der Waals surface area contributed by atoms with Crippen LogP contribution in [0.2, 0.25) is 26.2 Å². The van der Waals surface area contributed by atoms with Gasteiger partial charge < -0.3 is 13.6 Å². The first-order chi connectivity index (χ1) is 13.5. The Hall–Kier alpha value is -1.65. The summed E-state index contributed by atoms with van der Waals surface area (Å²) in [6, 6.07) is 19.2. The van der Waals surface area contributed by atoms with Crippen LogP contribution in [0.25, 0.3) is 0 Å². The maximum atomic E-state index is 7.01. The van der Waals surface area contributed by atoms with Crippen molar-refractivity contribution >= 4 is 16.6 Å². The van der Waals surface area contributed by atoms with Crippen LogP contribution in [0.1, 0.15) is 26.7 Å². The van der Waals surface area contributed by atoms with Crippen LogP contribution in [-0.4, -0.2) is 27.3 Å². The fourth-order valence-corrected chi connectivity index (χ4v) is 12.5. The number of nitrogens with two attached hydrogens (primary N) is 2.